The summed E-state index contributed by atoms with van der Waals surface area (Å²) in [6.45, 7) is 18.7. The number of aryl methyl sites for hydroxylation is 1. The zero-order valence-corrected chi connectivity index (χ0v) is 17.5. The van der Waals surface area contributed by atoms with Crippen molar-refractivity contribution in [2.24, 2.45) is 0 Å². The fourth-order valence-corrected chi connectivity index (χ4v) is 1.92. The lowest BCUT2D eigenvalue weighted by atomic mass is 10.1. The summed E-state index contributed by atoms with van der Waals surface area (Å²) in [5.41, 5.74) is 3.58. The van der Waals surface area contributed by atoms with Gasteiger partial charge in [-0.1, -0.05) is 90.2 Å². The van der Waals surface area contributed by atoms with Gasteiger partial charge in [0.05, 0.1) is 0 Å². The molecule has 2 nitrogen and oxygen atoms in total. The lowest BCUT2D eigenvalue weighted by Gasteiger charge is -2.07. The molecule has 0 spiro atoms. The van der Waals surface area contributed by atoms with Crippen LogP contribution in [-0.4, -0.2) is 18.8 Å². The summed E-state index contributed by atoms with van der Waals surface area (Å²) in [5.74, 6) is 0. The molecule has 0 heterocycles. The Balaban J connectivity index is -0.000000304. The molecule has 0 amide bonds. The number of benzene rings is 1. The van der Waals surface area contributed by atoms with Gasteiger partial charge in [0.25, 0.3) is 0 Å². The number of aliphatic hydroxyl groups excluding tert-OH is 1. The van der Waals surface area contributed by atoms with Crippen LogP contribution in [0.15, 0.2) is 37.9 Å². The van der Waals surface area contributed by atoms with E-state index < -0.39 is 0 Å². The molecule has 1 aromatic carbocycles. The predicted molar refractivity (Wildman–Crippen MR) is 118 cm³/mol. The minimum absolute atomic E-state index is 0.365. The highest BCUT2D eigenvalue weighted by molar-refractivity contribution is 5.68. The van der Waals surface area contributed by atoms with Crippen molar-refractivity contribution in [1.29, 1.82) is 0 Å². The molecule has 146 valence electrons. The third kappa shape index (κ3) is 18.6. The first kappa shape index (κ1) is 28.3. The summed E-state index contributed by atoms with van der Waals surface area (Å²) in [5, 5.41) is 11.5. The van der Waals surface area contributed by atoms with Crippen LogP contribution in [0.3, 0.4) is 0 Å². The number of aliphatic hydroxyl groups is 1. The van der Waals surface area contributed by atoms with E-state index in [9.17, 15) is 0 Å². The first-order valence-electron chi connectivity index (χ1n) is 9.63. The van der Waals surface area contributed by atoms with Gasteiger partial charge in [-0.3, -0.25) is 0 Å². The van der Waals surface area contributed by atoms with Crippen molar-refractivity contribution in [1.82, 2.24) is 0 Å². The van der Waals surface area contributed by atoms with Gasteiger partial charge in [0.1, 0.15) is 0 Å². The average Bonchev–Trinajstić information content (AvgIpc) is 2.67. The van der Waals surface area contributed by atoms with Crippen LogP contribution in [0.1, 0.15) is 76.8 Å². The zero-order valence-electron chi connectivity index (χ0n) is 17.5. The van der Waals surface area contributed by atoms with Crippen LogP contribution in [-0.2, 0) is 0 Å². The van der Waals surface area contributed by atoms with Crippen molar-refractivity contribution in [2.75, 3.05) is 19.0 Å². The minimum Gasteiger partial charge on any atom is -0.396 e. The molecule has 2 N–H and O–H groups in total. The van der Waals surface area contributed by atoms with Crippen LogP contribution in [0, 0.1) is 6.92 Å². The van der Waals surface area contributed by atoms with Gasteiger partial charge in [0, 0.05) is 19.3 Å². The highest BCUT2D eigenvalue weighted by Crippen LogP contribution is 2.20. The summed E-state index contributed by atoms with van der Waals surface area (Å²) in [6, 6.07) is 6.16. The monoisotopic (exact) mass is 349 g/mol. The Labute approximate surface area is 158 Å². The Morgan fingerprint density at radius 1 is 0.960 bits per heavy atom. The van der Waals surface area contributed by atoms with Crippen molar-refractivity contribution < 1.29 is 5.11 Å². The molecule has 0 saturated carbocycles. The fraction of sp³-hybridized carbons (Fsp3) is 0.565. The topological polar surface area (TPSA) is 32.3 Å². The Hall–Kier alpha value is -1.54. The van der Waals surface area contributed by atoms with Crippen LogP contribution in [0.2, 0.25) is 0 Å². The first-order valence-corrected chi connectivity index (χ1v) is 9.63. The molecule has 1 aromatic rings. The molecule has 0 unspecified atom stereocenters. The van der Waals surface area contributed by atoms with E-state index in [4.69, 9.17) is 5.11 Å². The normalized spacial score (nSPS) is 8.56. The molecule has 0 atom stereocenters. The van der Waals surface area contributed by atoms with Gasteiger partial charge in [-0.05, 0) is 24.5 Å². The first-order chi connectivity index (χ1) is 12.1. The van der Waals surface area contributed by atoms with Gasteiger partial charge in [-0.15, -0.1) is 13.2 Å². The number of nitrogens with one attached hydrogen (secondary N) is 1. The molecule has 2 heteroatoms. The van der Waals surface area contributed by atoms with E-state index >= 15 is 0 Å². The average molecular weight is 350 g/mol. The quantitative estimate of drug-likeness (QED) is 0.383. The molecule has 0 fully saturated rings. The van der Waals surface area contributed by atoms with Gasteiger partial charge in [-0.25, -0.2) is 0 Å². The van der Waals surface area contributed by atoms with Crippen molar-refractivity contribution in [3.63, 3.8) is 0 Å². The molecular weight excluding hydrogens is 306 g/mol. The lowest BCUT2D eigenvalue weighted by Crippen LogP contribution is -1.93. The number of anilines is 1. The maximum absolute atomic E-state index is 8.37. The van der Waals surface area contributed by atoms with Crippen LogP contribution in [0.4, 0.5) is 5.69 Å². The predicted octanol–water partition coefficient (Wildman–Crippen LogP) is 7.24. The minimum atomic E-state index is 0.365. The number of para-hydroxylation sites is 1. The van der Waals surface area contributed by atoms with Crippen molar-refractivity contribution >= 4 is 11.8 Å². The van der Waals surface area contributed by atoms with Crippen molar-refractivity contribution in [2.45, 2.75) is 72.6 Å². The molecule has 25 heavy (non-hydrogen) atoms. The third-order valence-electron chi connectivity index (χ3n) is 3.54. The second kappa shape index (κ2) is 24.7. The number of unbranched alkanes of at least 4 members (excludes halogenated alkanes) is 5. The third-order valence-corrected chi connectivity index (χ3v) is 3.54. The van der Waals surface area contributed by atoms with E-state index in [1.54, 1.807) is 0 Å². The smallest absolute Gasteiger partial charge is 0.0440 e. The molecule has 0 saturated heterocycles. The van der Waals surface area contributed by atoms with Gasteiger partial charge >= 0.3 is 0 Å². The Kier molecular flexibility index (Phi) is 27.9. The molecule has 0 radical (unpaired) electrons. The van der Waals surface area contributed by atoms with Crippen LogP contribution >= 0.6 is 0 Å². The fourth-order valence-electron chi connectivity index (χ4n) is 1.92. The van der Waals surface area contributed by atoms with E-state index in [1.165, 1.54) is 49.8 Å². The molecule has 0 bridgehead atoms. The Morgan fingerprint density at radius 2 is 1.52 bits per heavy atom. The summed E-state index contributed by atoms with van der Waals surface area (Å²) in [7, 11) is 1.93. The zero-order chi connectivity index (χ0) is 19.9. The van der Waals surface area contributed by atoms with E-state index in [1.807, 2.05) is 25.3 Å². The molecule has 0 aliphatic carbocycles. The second-order valence-corrected chi connectivity index (χ2v) is 5.63. The molecule has 0 aliphatic rings. The Morgan fingerprint density at radius 3 is 1.88 bits per heavy atom. The van der Waals surface area contributed by atoms with Gasteiger partial charge in [-0.2, -0.15) is 0 Å². The molecule has 1 rings (SSSR count). The second-order valence-electron chi connectivity index (χ2n) is 5.63. The van der Waals surface area contributed by atoms with E-state index in [0.717, 1.165) is 12.0 Å². The maximum Gasteiger partial charge on any atom is 0.0440 e. The molecule has 0 aliphatic heterocycles. The summed E-state index contributed by atoms with van der Waals surface area (Å²) >= 11 is 0. The Bertz CT molecular complexity index is 380. The van der Waals surface area contributed by atoms with Crippen LogP contribution in [0.5, 0.6) is 0 Å². The van der Waals surface area contributed by atoms with Gasteiger partial charge in [0.2, 0.25) is 0 Å². The number of hydrogen-bond acceptors (Lipinski definition) is 2. The van der Waals surface area contributed by atoms with Gasteiger partial charge in [0.15, 0.2) is 0 Å². The van der Waals surface area contributed by atoms with Crippen molar-refractivity contribution in [3.8, 4) is 0 Å². The highest BCUT2D eigenvalue weighted by atomic mass is 16.2. The SMILES string of the molecule is C=C.C=Cc1cccc(C)c1NC.CCCC.CCCCCCCO. The number of rotatable bonds is 8. The maximum atomic E-state index is 8.37. The summed E-state index contributed by atoms with van der Waals surface area (Å²) in [4.78, 5) is 0. The van der Waals surface area contributed by atoms with E-state index in [0.29, 0.717) is 6.61 Å². The van der Waals surface area contributed by atoms with E-state index in [-0.39, 0.29) is 0 Å². The molecule has 0 aromatic heterocycles. The van der Waals surface area contributed by atoms with Crippen LogP contribution in [0.25, 0.3) is 6.08 Å². The lowest BCUT2D eigenvalue weighted by molar-refractivity contribution is 0.282. The van der Waals surface area contributed by atoms with E-state index in [2.05, 4.69) is 58.8 Å². The number of hydrogen-bond donors (Lipinski definition) is 2. The summed E-state index contributed by atoms with van der Waals surface area (Å²) < 4.78 is 0. The van der Waals surface area contributed by atoms with Crippen molar-refractivity contribution in [3.05, 3.63) is 49.1 Å². The molecular formula is C23H43NO. The standard InChI is InChI=1S/C10H13N.C7H16O.C4H10.C2H4/c1-4-9-7-5-6-8(2)10(9)11-3;1-2-3-4-5-6-7-8;1-3-4-2;1-2/h4-7,11H,1H2,2-3H3;8H,2-7H2,1H3;3-4H2,1-2H3;1-2H2. The van der Waals surface area contributed by atoms with Crippen LogP contribution < -0.4 is 5.32 Å². The highest BCUT2D eigenvalue weighted by Gasteiger charge is 1.97. The summed E-state index contributed by atoms with van der Waals surface area (Å²) in [6.07, 6.45) is 10.6. The largest absolute Gasteiger partial charge is 0.396 e. The van der Waals surface area contributed by atoms with Gasteiger partial charge < -0.3 is 10.4 Å².